The van der Waals surface area contributed by atoms with Crippen molar-refractivity contribution in [1.82, 2.24) is 4.98 Å². The number of pyridine rings is 1. The number of aromatic nitrogens is 1. The van der Waals surface area contributed by atoms with Crippen LogP contribution >= 0.6 is 34.2 Å². The van der Waals surface area contributed by atoms with Crippen molar-refractivity contribution in [2.75, 3.05) is 0 Å². The average Bonchev–Trinajstić information content (AvgIpc) is 1.88. The molecule has 10 heavy (non-hydrogen) atoms. The first-order chi connectivity index (χ1) is 4.72. The summed E-state index contributed by atoms with van der Waals surface area (Å²) in [6.07, 6.45) is 1.70. The minimum Gasteiger partial charge on any atom is -0.254 e. The van der Waals surface area contributed by atoms with Crippen molar-refractivity contribution in [3.05, 3.63) is 34.2 Å². The van der Waals surface area contributed by atoms with E-state index in [-0.39, 0.29) is 0 Å². The molecule has 0 saturated heterocycles. The molecule has 0 amide bonds. The normalized spacial score (nSPS) is 9.40. The van der Waals surface area contributed by atoms with Gasteiger partial charge in [0.25, 0.3) is 0 Å². The summed E-state index contributed by atoms with van der Waals surface area (Å²) < 4.78 is 1.03. The highest BCUT2D eigenvalue weighted by molar-refractivity contribution is 14.1. The van der Waals surface area contributed by atoms with E-state index in [1.807, 2.05) is 12.1 Å². The minimum atomic E-state index is 0.491. The lowest BCUT2D eigenvalue weighted by molar-refractivity contribution is 1.27. The van der Waals surface area contributed by atoms with E-state index in [9.17, 15) is 0 Å². The van der Waals surface area contributed by atoms with Gasteiger partial charge in [0.05, 0.1) is 10.7 Å². The smallest absolute Gasteiger partial charge is 0.0942 e. The highest BCUT2D eigenvalue weighted by Crippen LogP contribution is 2.18. The third kappa shape index (κ3) is 1.70. The zero-order valence-electron chi connectivity index (χ0n) is 5.14. The molecule has 0 radical (unpaired) electrons. The van der Waals surface area contributed by atoms with Crippen LogP contribution < -0.4 is 0 Å². The molecular formula is C7H5ClIN. The zero-order chi connectivity index (χ0) is 7.56. The fourth-order valence-electron chi connectivity index (χ4n) is 0.585. The lowest BCUT2D eigenvalue weighted by atomic mass is 10.3. The molecule has 1 rings (SSSR count). The zero-order valence-corrected chi connectivity index (χ0v) is 8.06. The third-order valence-electron chi connectivity index (χ3n) is 1.02. The summed E-state index contributed by atoms with van der Waals surface area (Å²) >= 11 is 7.81. The van der Waals surface area contributed by atoms with Gasteiger partial charge in [0, 0.05) is 9.77 Å². The highest BCUT2D eigenvalue weighted by atomic mass is 127. The Kier molecular flexibility index (Phi) is 2.68. The Labute approximate surface area is 78.3 Å². The maximum absolute atomic E-state index is 5.65. The van der Waals surface area contributed by atoms with Crippen LogP contribution in [0.2, 0.25) is 0 Å². The topological polar surface area (TPSA) is 12.9 Å². The van der Waals surface area contributed by atoms with Crippen LogP contribution in [0.5, 0.6) is 0 Å². The molecule has 52 valence electrons. The fraction of sp³-hybridized carbons (Fsp3) is 0. The molecule has 1 aromatic heterocycles. The molecule has 0 aromatic carbocycles. The molecule has 0 bridgehead atoms. The quantitative estimate of drug-likeness (QED) is 0.712. The molecule has 0 N–H and O–H groups in total. The second kappa shape index (κ2) is 3.34. The maximum atomic E-state index is 5.65. The first kappa shape index (κ1) is 8.01. The van der Waals surface area contributed by atoms with Gasteiger partial charge < -0.3 is 0 Å². The van der Waals surface area contributed by atoms with Gasteiger partial charge in [-0.3, -0.25) is 4.98 Å². The third-order valence-corrected chi connectivity index (χ3v) is 2.06. The molecule has 1 heterocycles. The second-order valence-electron chi connectivity index (χ2n) is 1.74. The number of hydrogen-bond donors (Lipinski definition) is 0. The lowest BCUT2D eigenvalue weighted by Gasteiger charge is -1.97. The van der Waals surface area contributed by atoms with Crippen LogP contribution in [0.4, 0.5) is 0 Å². The molecule has 0 atom stereocenters. The van der Waals surface area contributed by atoms with E-state index < -0.39 is 0 Å². The van der Waals surface area contributed by atoms with E-state index in [0.717, 1.165) is 9.26 Å². The first-order valence-corrected chi connectivity index (χ1v) is 4.13. The van der Waals surface area contributed by atoms with Crippen molar-refractivity contribution in [2.45, 2.75) is 0 Å². The molecule has 0 saturated carbocycles. The van der Waals surface area contributed by atoms with Gasteiger partial charge in [-0.05, 0) is 34.7 Å². The van der Waals surface area contributed by atoms with Crippen LogP contribution in [0.15, 0.2) is 24.9 Å². The molecule has 0 spiro atoms. The number of rotatable bonds is 1. The van der Waals surface area contributed by atoms with Gasteiger partial charge in [-0.1, -0.05) is 18.2 Å². The molecule has 1 aromatic rings. The van der Waals surface area contributed by atoms with Crippen molar-refractivity contribution < 1.29 is 0 Å². The molecule has 0 aliphatic rings. The van der Waals surface area contributed by atoms with Crippen LogP contribution in [0, 0.1) is 3.57 Å². The summed E-state index contributed by atoms with van der Waals surface area (Å²) in [5, 5.41) is 0.491. The van der Waals surface area contributed by atoms with E-state index in [4.69, 9.17) is 11.6 Å². The van der Waals surface area contributed by atoms with Gasteiger partial charge in [0.1, 0.15) is 0 Å². The van der Waals surface area contributed by atoms with Gasteiger partial charge >= 0.3 is 0 Å². The largest absolute Gasteiger partial charge is 0.254 e. The predicted octanol–water partition coefficient (Wildman–Crippen LogP) is 2.90. The van der Waals surface area contributed by atoms with E-state index in [2.05, 4.69) is 34.2 Å². The van der Waals surface area contributed by atoms with Crippen LogP contribution in [0.25, 0.3) is 5.03 Å². The summed E-state index contributed by atoms with van der Waals surface area (Å²) in [5.74, 6) is 0. The Bertz CT molecular complexity index is 260. The molecular weight excluding hydrogens is 260 g/mol. The molecule has 0 unspecified atom stereocenters. The maximum Gasteiger partial charge on any atom is 0.0942 e. The number of nitrogens with zero attached hydrogens (tertiary/aromatic N) is 1. The van der Waals surface area contributed by atoms with Gasteiger partial charge in [-0.15, -0.1) is 0 Å². The van der Waals surface area contributed by atoms with Crippen molar-refractivity contribution in [2.24, 2.45) is 0 Å². The Balaban J connectivity index is 3.15. The molecule has 0 aliphatic carbocycles. The van der Waals surface area contributed by atoms with Gasteiger partial charge in [-0.2, -0.15) is 0 Å². The van der Waals surface area contributed by atoms with Crippen molar-refractivity contribution in [3.63, 3.8) is 0 Å². The average molecular weight is 265 g/mol. The van der Waals surface area contributed by atoms with Crippen molar-refractivity contribution >= 4 is 39.2 Å². The van der Waals surface area contributed by atoms with Gasteiger partial charge in [-0.25, -0.2) is 0 Å². The van der Waals surface area contributed by atoms with Crippen LogP contribution in [-0.4, -0.2) is 4.98 Å². The van der Waals surface area contributed by atoms with Crippen LogP contribution in [0.3, 0.4) is 0 Å². The first-order valence-electron chi connectivity index (χ1n) is 2.67. The number of halogens is 2. The highest BCUT2D eigenvalue weighted by Gasteiger charge is 1.99. The van der Waals surface area contributed by atoms with E-state index >= 15 is 0 Å². The standard InChI is InChI=1S/C7H5ClIN/c1-5(8)7-6(9)3-2-4-10-7/h2-4H,1H2. The fourth-order valence-corrected chi connectivity index (χ4v) is 1.57. The van der Waals surface area contributed by atoms with Crippen molar-refractivity contribution in [1.29, 1.82) is 0 Å². The Morgan fingerprint density at radius 3 is 2.80 bits per heavy atom. The Hall–Kier alpha value is -0.0900. The number of hydrogen-bond acceptors (Lipinski definition) is 1. The molecule has 3 heteroatoms. The molecule has 1 nitrogen and oxygen atoms in total. The summed E-state index contributed by atoms with van der Waals surface area (Å²) in [6.45, 7) is 3.58. The van der Waals surface area contributed by atoms with Gasteiger partial charge in [0.2, 0.25) is 0 Å². The minimum absolute atomic E-state index is 0.491. The van der Waals surface area contributed by atoms with Gasteiger partial charge in [0.15, 0.2) is 0 Å². The summed E-state index contributed by atoms with van der Waals surface area (Å²) in [5.41, 5.74) is 0.768. The Morgan fingerprint density at radius 1 is 1.70 bits per heavy atom. The summed E-state index contributed by atoms with van der Waals surface area (Å²) in [4.78, 5) is 4.04. The lowest BCUT2D eigenvalue weighted by Crippen LogP contribution is -1.85. The van der Waals surface area contributed by atoms with Crippen molar-refractivity contribution in [3.8, 4) is 0 Å². The van der Waals surface area contributed by atoms with Crippen LogP contribution in [-0.2, 0) is 0 Å². The molecule has 0 aliphatic heterocycles. The molecule has 0 fully saturated rings. The monoisotopic (exact) mass is 265 g/mol. The summed E-state index contributed by atoms with van der Waals surface area (Å²) in [6, 6.07) is 3.81. The van der Waals surface area contributed by atoms with E-state index in [1.54, 1.807) is 6.20 Å². The second-order valence-corrected chi connectivity index (χ2v) is 3.36. The van der Waals surface area contributed by atoms with E-state index in [1.165, 1.54) is 0 Å². The SMILES string of the molecule is C=C(Cl)c1ncccc1I. The van der Waals surface area contributed by atoms with E-state index in [0.29, 0.717) is 5.03 Å². The predicted molar refractivity (Wildman–Crippen MR) is 51.8 cm³/mol. The van der Waals surface area contributed by atoms with Crippen LogP contribution in [0.1, 0.15) is 5.69 Å². The Morgan fingerprint density at radius 2 is 2.40 bits per heavy atom. The summed E-state index contributed by atoms with van der Waals surface area (Å²) in [7, 11) is 0.